The van der Waals surface area contributed by atoms with Gasteiger partial charge in [0, 0.05) is 18.7 Å². The summed E-state index contributed by atoms with van der Waals surface area (Å²) in [6.45, 7) is 0.278. The Hall–Kier alpha value is -2.86. The van der Waals surface area contributed by atoms with Crippen molar-refractivity contribution in [2.75, 3.05) is 18.6 Å². The lowest BCUT2D eigenvalue weighted by molar-refractivity contribution is -0.145. The average molecular weight is 371 g/mol. The van der Waals surface area contributed by atoms with Crippen LogP contribution >= 0.6 is 11.6 Å². The molecule has 132 valence electrons. The number of aromatic nitrogens is 1. The maximum atomic E-state index is 12.3. The molecule has 6 nitrogen and oxygen atoms in total. The molecular formula is C19H15ClN2O4. The van der Waals surface area contributed by atoms with E-state index in [1.807, 2.05) is 24.3 Å². The first-order chi connectivity index (χ1) is 12.6. The molecule has 4 rings (SSSR count). The van der Waals surface area contributed by atoms with Crippen LogP contribution in [0.3, 0.4) is 0 Å². The Morgan fingerprint density at radius 1 is 1.31 bits per heavy atom. The topological polar surface area (TPSA) is 72.6 Å². The Morgan fingerprint density at radius 3 is 2.88 bits per heavy atom. The van der Waals surface area contributed by atoms with Gasteiger partial charge in [-0.1, -0.05) is 23.7 Å². The summed E-state index contributed by atoms with van der Waals surface area (Å²) in [4.78, 5) is 30.1. The van der Waals surface area contributed by atoms with Crippen molar-refractivity contribution in [1.82, 2.24) is 4.98 Å². The lowest BCUT2D eigenvalue weighted by Crippen LogP contribution is -2.26. The third-order valence-corrected chi connectivity index (χ3v) is 4.78. The zero-order valence-corrected chi connectivity index (χ0v) is 14.7. The van der Waals surface area contributed by atoms with Crippen LogP contribution in [0.5, 0.6) is 0 Å². The molecule has 0 radical (unpaired) electrons. The minimum absolute atomic E-state index is 0.132. The van der Waals surface area contributed by atoms with Gasteiger partial charge in [0.15, 0.2) is 5.58 Å². The number of ether oxygens (including phenoxy) is 1. The number of carbonyl (C=O) groups excluding carboxylic acids is 2. The summed E-state index contributed by atoms with van der Waals surface area (Å²) >= 11 is 6.33. The zero-order valence-electron chi connectivity index (χ0n) is 13.9. The van der Waals surface area contributed by atoms with Crippen LogP contribution in [0.1, 0.15) is 6.42 Å². The highest BCUT2D eigenvalue weighted by Crippen LogP contribution is 2.35. The first-order valence-corrected chi connectivity index (χ1v) is 8.48. The Labute approximate surface area is 154 Å². The van der Waals surface area contributed by atoms with Gasteiger partial charge in [-0.3, -0.25) is 9.59 Å². The summed E-state index contributed by atoms with van der Waals surface area (Å²) in [5.41, 5.74) is 2.62. The van der Waals surface area contributed by atoms with Gasteiger partial charge in [-0.05, 0) is 30.3 Å². The van der Waals surface area contributed by atoms with Crippen molar-refractivity contribution in [1.29, 1.82) is 0 Å². The van der Waals surface area contributed by atoms with Gasteiger partial charge in [-0.2, -0.15) is 0 Å². The molecule has 0 saturated carbocycles. The number of benzene rings is 2. The minimum atomic E-state index is -0.462. The van der Waals surface area contributed by atoms with Crippen LogP contribution in [0, 0.1) is 5.92 Å². The third kappa shape index (κ3) is 2.82. The molecule has 3 aromatic rings. The second-order valence-corrected chi connectivity index (χ2v) is 6.49. The van der Waals surface area contributed by atoms with Gasteiger partial charge in [-0.15, -0.1) is 0 Å². The molecule has 0 spiro atoms. The summed E-state index contributed by atoms with van der Waals surface area (Å²) in [5.74, 6) is -0.592. The smallest absolute Gasteiger partial charge is 0.311 e. The molecule has 0 unspecified atom stereocenters. The predicted molar refractivity (Wildman–Crippen MR) is 96.9 cm³/mol. The number of methoxy groups -OCH3 is 1. The van der Waals surface area contributed by atoms with E-state index in [9.17, 15) is 9.59 Å². The van der Waals surface area contributed by atoms with Crippen molar-refractivity contribution in [3.8, 4) is 11.5 Å². The van der Waals surface area contributed by atoms with Gasteiger partial charge in [0.05, 0.1) is 23.6 Å². The third-order valence-electron chi connectivity index (χ3n) is 4.45. The number of amides is 1. The van der Waals surface area contributed by atoms with Gasteiger partial charge in [0.2, 0.25) is 11.8 Å². The van der Waals surface area contributed by atoms with Gasteiger partial charge in [0.25, 0.3) is 0 Å². The average Bonchev–Trinajstić information content (AvgIpc) is 3.25. The van der Waals surface area contributed by atoms with Crippen LogP contribution in [0.2, 0.25) is 5.02 Å². The van der Waals surface area contributed by atoms with Crippen molar-refractivity contribution in [3.05, 3.63) is 47.5 Å². The lowest BCUT2D eigenvalue weighted by Gasteiger charge is -2.17. The predicted octanol–water partition coefficient (Wildman–Crippen LogP) is 3.67. The molecule has 1 aliphatic heterocycles. The first kappa shape index (κ1) is 16.6. The van der Waals surface area contributed by atoms with E-state index < -0.39 is 5.92 Å². The van der Waals surface area contributed by atoms with Gasteiger partial charge in [-0.25, -0.2) is 4.98 Å². The molecule has 1 aliphatic rings. The number of carbonyl (C=O) groups is 2. The summed E-state index contributed by atoms with van der Waals surface area (Å²) in [5, 5.41) is 0.469. The number of esters is 1. The van der Waals surface area contributed by atoms with Gasteiger partial charge in [0.1, 0.15) is 5.52 Å². The molecule has 0 aliphatic carbocycles. The van der Waals surface area contributed by atoms with Crippen LogP contribution in [0.4, 0.5) is 5.69 Å². The van der Waals surface area contributed by atoms with Gasteiger partial charge >= 0.3 is 5.97 Å². The number of rotatable bonds is 3. The molecule has 0 bridgehead atoms. The van der Waals surface area contributed by atoms with Crippen LogP contribution in [-0.4, -0.2) is 30.5 Å². The lowest BCUT2D eigenvalue weighted by atomic mass is 10.1. The summed E-state index contributed by atoms with van der Waals surface area (Å²) in [6.07, 6.45) is 0.132. The van der Waals surface area contributed by atoms with Gasteiger partial charge < -0.3 is 14.1 Å². The maximum Gasteiger partial charge on any atom is 0.311 e. The van der Waals surface area contributed by atoms with Crippen molar-refractivity contribution >= 4 is 40.3 Å². The Kier molecular flexibility index (Phi) is 4.12. The Bertz CT molecular complexity index is 981. The molecule has 26 heavy (non-hydrogen) atoms. The molecule has 0 N–H and O–H groups in total. The fourth-order valence-electron chi connectivity index (χ4n) is 3.11. The van der Waals surface area contributed by atoms with E-state index in [0.29, 0.717) is 27.7 Å². The molecule has 1 saturated heterocycles. The second-order valence-electron chi connectivity index (χ2n) is 6.08. The summed E-state index contributed by atoms with van der Waals surface area (Å²) in [7, 11) is 1.32. The highest BCUT2D eigenvalue weighted by molar-refractivity contribution is 6.33. The molecule has 1 fully saturated rings. The van der Waals surface area contributed by atoms with E-state index in [0.717, 1.165) is 5.52 Å². The number of hydrogen-bond donors (Lipinski definition) is 0. The monoisotopic (exact) mass is 370 g/mol. The normalized spacial score (nSPS) is 17.1. The van der Waals surface area contributed by atoms with Crippen molar-refractivity contribution in [2.24, 2.45) is 5.92 Å². The first-order valence-electron chi connectivity index (χ1n) is 8.10. The van der Waals surface area contributed by atoms with Crippen LogP contribution in [0.15, 0.2) is 46.9 Å². The van der Waals surface area contributed by atoms with E-state index in [-0.39, 0.29) is 24.8 Å². The number of fused-ring (bicyclic) bond motifs is 1. The van der Waals surface area contributed by atoms with E-state index in [1.165, 1.54) is 7.11 Å². The van der Waals surface area contributed by atoms with E-state index in [2.05, 4.69) is 4.98 Å². The minimum Gasteiger partial charge on any atom is -0.469 e. The largest absolute Gasteiger partial charge is 0.469 e. The number of oxazole rings is 1. The fraction of sp³-hybridized carbons (Fsp3) is 0.211. The second kappa shape index (κ2) is 6.46. The Balaban J connectivity index is 1.70. The molecule has 1 atom stereocenters. The van der Waals surface area contributed by atoms with E-state index in [1.54, 1.807) is 23.1 Å². The summed E-state index contributed by atoms with van der Waals surface area (Å²) < 4.78 is 10.5. The van der Waals surface area contributed by atoms with Crippen molar-refractivity contribution in [3.63, 3.8) is 0 Å². The standard InChI is InChI=1S/C19H15ClN2O4/c1-25-19(24)11-8-17(23)22(10-11)12-6-7-14(20)13(9-12)18-21-15-4-2-3-5-16(15)26-18/h2-7,9,11H,8,10H2,1H3/t11-/m1/s1. The maximum absolute atomic E-state index is 12.3. The molecule has 2 heterocycles. The van der Waals surface area contributed by atoms with Crippen LogP contribution in [0.25, 0.3) is 22.6 Å². The number of anilines is 1. The fourth-order valence-corrected chi connectivity index (χ4v) is 3.31. The van der Waals surface area contributed by atoms with E-state index >= 15 is 0 Å². The molecular weight excluding hydrogens is 356 g/mol. The quantitative estimate of drug-likeness (QED) is 0.658. The number of nitrogens with zero attached hydrogens (tertiary/aromatic N) is 2. The van der Waals surface area contributed by atoms with Crippen LogP contribution in [-0.2, 0) is 14.3 Å². The molecule has 1 aromatic heterocycles. The highest BCUT2D eigenvalue weighted by atomic mass is 35.5. The number of para-hydroxylation sites is 2. The van der Waals surface area contributed by atoms with Crippen molar-refractivity contribution in [2.45, 2.75) is 6.42 Å². The van der Waals surface area contributed by atoms with Crippen LogP contribution < -0.4 is 4.90 Å². The van der Waals surface area contributed by atoms with E-state index in [4.69, 9.17) is 20.8 Å². The number of halogens is 1. The van der Waals surface area contributed by atoms with Crippen molar-refractivity contribution < 1.29 is 18.7 Å². The summed E-state index contributed by atoms with van der Waals surface area (Å²) in [6, 6.07) is 12.6. The molecule has 1 amide bonds. The highest BCUT2D eigenvalue weighted by Gasteiger charge is 2.36. The Morgan fingerprint density at radius 2 is 2.12 bits per heavy atom. The molecule has 2 aromatic carbocycles. The SMILES string of the molecule is COC(=O)[C@@H]1CC(=O)N(c2ccc(Cl)c(-c3nc4ccccc4o3)c2)C1. The molecule has 7 heteroatoms. The number of hydrogen-bond acceptors (Lipinski definition) is 5. The zero-order chi connectivity index (χ0) is 18.3.